The van der Waals surface area contributed by atoms with Gasteiger partial charge in [0.1, 0.15) is 5.69 Å². The van der Waals surface area contributed by atoms with Gasteiger partial charge in [-0.15, -0.1) is 11.3 Å². The third kappa shape index (κ3) is 4.52. The van der Waals surface area contributed by atoms with Crippen molar-refractivity contribution in [2.75, 3.05) is 18.1 Å². The Balaban J connectivity index is 1.59. The standard InChI is InChI=1S/C16H25N3O4S2/c1-11-4-2-3-7-19(11)16(21)13-10-24-15(18-13)14(20)17-12-5-8-25(22,23)9-6-12/h10-12,22-23H,2-9H2,1H3,(H,17,20). The van der Waals surface area contributed by atoms with E-state index in [1.165, 1.54) is 11.3 Å². The molecule has 3 heterocycles. The first-order valence-electron chi connectivity index (χ1n) is 8.67. The number of aromatic nitrogens is 1. The molecule has 2 aliphatic heterocycles. The molecule has 1 atom stereocenters. The summed E-state index contributed by atoms with van der Waals surface area (Å²) < 4.78 is 19.3. The van der Waals surface area contributed by atoms with Crippen molar-refractivity contribution >= 4 is 33.7 Å². The lowest BCUT2D eigenvalue weighted by Crippen LogP contribution is -2.42. The zero-order chi connectivity index (χ0) is 18.0. The van der Waals surface area contributed by atoms with E-state index in [0.29, 0.717) is 30.0 Å². The summed E-state index contributed by atoms with van der Waals surface area (Å²) in [6.07, 6.45) is 4.26. The number of thiazole rings is 1. The zero-order valence-electron chi connectivity index (χ0n) is 14.3. The van der Waals surface area contributed by atoms with Crippen LogP contribution >= 0.6 is 21.9 Å². The number of carbonyl (C=O) groups excluding carboxylic acids is 2. The lowest BCUT2D eigenvalue weighted by atomic mass is 10.0. The first kappa shape index (κ1) is 18.6. The highest BCUT2D eigenvalue weighted by Crippen LogP contribution is 2.43. The summed E-state index contributed by atoms with van der Waals surface area (Å²) in [5, 5.41) is 4.82. The fourth-order valence-electron chi connectivity index (χ4n) is 3.32. The molecule has 0 saturated carbocycles. The normalized spacial score (nSPS) is 25.4. The predicted molar refractivity (Wildman–Crippen MR) is 99.5 cm³/mol. The first-order chi connectivity index (χ1) is 11.9. The van der Waals surface area contributed by atoms with Crippen LogP contribution in [-0.4, -0.2) is 60.9 Å². The molecule has 25 heavy (non-hydrogen) atoms. The highest BCUT2D eigenvalue weighted by atomic mass is 32.3. The van der Waals surface area contributed by atoms with Crippen LogP contribution in [0.25, 0.3) is 0 Å². The van der Waals surface area contributed by atoms with Gasteiger partial charge >= 0.3 is 0 Å². The second-order valence-electron chi connectivity index (χ2n) is 6.84. The molecular formula is C16H25N3O4S2. The molecule has 7 nitrogen and oxygen atoms in total. The third-order valence-corrected chi connectivity index (χ3v) is 7.52. The van der Waals surface area contributed by atoms with E-state index in [1.54, 1.807) is 5.38 Å². The molecule has 9 heteroatoms. The Morgan fingerprint density at radius 1 is 1.28 bits per heavy atom. The SMILES string of the molecule is CC1CCCCN1C(=O)c1csc(C(=O)NC2CCS(O)(O)CC2)n1. The average molecular weight is 388 g/mol. The fourth-order valence-corrected chi connectivity index (χ4v) is 5.55. The molecule has 0 spiro atoms. The van der Waals surface area contributed by atoms with Crippen molar-refractivity contribution in [2.45, 2.75) is 51.1 Å². The second-order valence-corrected chi connectivity index (χ2v) is 10.1. The van der Waals surface area contributed by atoms with E-state index in [9.17, 15) is 18.7 Å². The van der Waals surface area contributed by atoms with E-state index in [2.05, 4.69) is 10.3 Å². The Morgan fingerprint density at radius 3 is 2.68 bits per heavy atom. The molecule has 1 aromatic rings. The van der Waals surface area contributed by atoms with Crippen molar-refractivity contribution in [1.29, 1.82) is 0 Å². The largest absolute Gasteiger partial charge is 0.347 e. The number of amides is 2. The van der Waals surface area contributed by atoms with Crippen molar-refractivity contribution < 1.29 is 18.7 Å². The van der Waals surface area contributed by atoms with Crippen molar-refractivity contribution in [3.05, 3.63) is 16.1 Å². The molecule has 2 aliphatic rings. The summed E-state index contributed by atoms with van der Waals surface area (Å²) in [5.74, 6) is 0.256. The van der Waals surface area contributed by atoms with Crippen LogP contribution in [0.3, 0.4) is 0 Å². The highest BCUT2D eigenvalue weighted by Gasteiger charge is 2.28. The quantitative estimate of drug-likeness (QED) is 0.740. The Hall–Kier alpha value is -1.16. The Morgan fingerprint density at radius 2 is 2.00 bits per heavy atom. The van der Waals surface area contributed by atoms with Gasteiger partial charge in [0.2, 0.25) is 0 Å². The summed E-state index contributed by atoms with van der Waals surface area (Å²) in [7, 11) is -2.46. The van der Waals surface area contributed by atoms with E-state index < -0.39 is 10.6 Å². The molecule has 2 fully saturated rings. The average Bonchev–Trinajstić information content (AvgIpc) is 3.07. The predicted octanol–water partition coefficient (Wildman–Crippen LogP) is 2.80. The number of likely N-dealkylation sites (tertiary alicyclic amines) is 1. The van der Waals surface area contributed by atoms with Gasteiger partial charge in [0, 0.05) is 35.5 Å². The second kappa shape index (κ2) is 7.61. The van der Waals surface area contributed by atoms with E-state index >= 15 is 0 Å². The lowest BCUT2D eigenvalue weighted by Gasteiger charge is -2.39. The molecule has 3 rings (SSSR count). The summed E-state index contributed by atoms with van der Waals surface area (Å²) >= 11 is 1.18. The maximum atomic E-state index is 12.6. The van der Waals surface area contributed by atoms with Gasteiger partial charge < -0.3 is 10.2 Å². The maximum Gasteiger partial charge on any atom is 0.280 e. The molecule has 140 valence electrons. The molecule has 0 bridgehead atoms. The number of hydrogen-bond acceptors (Lipinski definition) is 6. The number of nitrogens with zero attached hydrogens (tertiary/aromatic N) is 2. The van der Waals surface area contributed by atoms with Crippen molar-refractivity contribution in [3.63, 3.8) is 0 Å². The number of hydrogen-bond donors (Lipinski definition) is 3. The molecule has 1 aromatic heterocycles. The molecule has 0 aromatic carbocycles. The maximum absolute atomic E-state index is 12.6. The van der Waals surface area contributed by atoms with E-state index in [1.807, 2.05) is 11.8 Å². The van der Waals surface area contributed by atoms with Crippen LogP contribution in [0.1, 0.15) is 59.3 Å². The van der Waals surface area contributed by atoms with E-state index in [4.69, 9.17) is 0 Å². The molecule has 3 N–H and O–H groups in total. The minimum atomic E-state index is -2.46. The van der Waals surface area contributed by atoms with Crippen molar-refractivity contribution in [3.8, 4) is 0 Å². The summed E-state index contributed by atoms with van der Waals surface area (Å²) in [6.45, 7) is 2.79. The van der Waals surface area contributed by atoms with Crippen LogP contribution in [0.2, 0.25) is 0 Å². The topological polar surface area (TPSA) is 103 Å². The summed E-state index contributed by atoms with van der Waals surface area (Å²) in [4.78, 5) is 31.0. The number of piperidine rings is 1. The Kier molecular flexibility index (Phi) is 5.67. The smallest absolute Gasteiger partial charge is 0.280 e. The van der Waals surface area contributed by atoms with Gasteiger partial charge in [-0.25, -0.2) is 4.98 Å². The highest BCUT2D eigenvalue weighted by molar-refractivity contribution is 8.24. The van der Waals surface area contributed by atoms with Crippen LogP contribution in [0.4, 0.5) is 0 Å². The molecule has 0 radical (unpaired) electrons. The molecule has 0 aliphatic carbocycles. The summed E-state index contributed by atoms with van der Waals surface area (Å²) in [5.41, 5.74) is 0.335. The minimum absolute atomic E-state index is 0.0717. The van der Waals surface area contributed by atoms with Gasteiger partial charge in [-0.05, 0) is 39.0 Å². The van der Waals surface area contributed by atoms with Crippen LogP contribution in [0.5, 0.6) is 0 Å². The van der Waals surface area contributed by atoms with E-state index in [-0.39, 0.29) is 28.9 Å². The van der Waals surface area contributed by atoms with Gasteiger partial charge in [-0.1, -0.05) is 0 Å². The van der Waals surface area contributed by atoms with Crippen molar-refractivity contribution in [1.82, 2.24) is 15.2 Å². The van der Waals surface area contributed by atoms with Gasteiger partial charge in [-0.3, -0.25) is 18.7 Å². The molecule has 2 amide bonds. The van der Waals surface area contributed by atoms with Gasteiger partial charge in [0.15, 0.2) is 5.01 Å². The molecular weight excluding hydrogens is 362 g/mol. The monoisotopic (exact) mass is 387 g/mol. The Bertz CT molecular complexity index is 639. The molecule has 1 unspecified atom stereocenters. The van der Waals surface area contributed by atoms with E-state index in [0.717, 1.165) is 25.8 Å². The number of carbonyl (C=O) groups is 2. The first-order valence-corrected chi connectivity index (χ1v) is 11.4. The van der Waals surface area contributed by atoms with Gasteiger partial charge in [0.25, 0.3) is 11.8 Å². The Labute approximate surface area is 153 Å². The zero-order valence-corrected chi connectivity index (χ0v) is 15.9. The lowest BCUT2D eigenvalue weighted by molar-refractivity contribution is 0.0630. The number of rotatable bonds is 3. The van der Waals surface area contributed by atoms with Crippen molar-refractivity contribution in [2.24, 2.45) is 0 Å². The van der Waals surface area contributed by atoms with Gasteiger partial charge in [-0.2, -0.15) is 10.6 Å². The van der Waals surface area contributed by atoms with Gasteiger partial charge in [0.05, 0.1) is 0 Å². The van der Waals surface area contributed by atoms with Crippen LogP contribution in [-0.2, 0) is 0 Å². The molecule has 2 saturated heterocycles. The number of nitrogens with one attached hydrogen (secondary N) is 1. The van der Waals surface area contributed by atoms with Crippen LogP contribution in [0, 0.1) is 0 Å². The van der Waals surface area contributed by atoms with Crippen LogP contribution in [0.15, 0.2) is 5.38 Å². The third-order valence-electron chi connectivity index (χ3n) is 4.90. The fraction of sp³-hybridized carbons (Fsp3) is 0.688. The summed E-state index contributed by atoms with van der Waals surface area (Å²) in [6, 6.07) is 0.139. The minimum Gasteiger partial charge on any atom is -0.347 e. The van der Waals surface area contributed by atoms with Crippen LogP contribution < -0.4 is 5.32 Å².